The Morgan fingerprint density at radius 2 is 2.12 bits per heavy atom. The number of nitrogens with zero attached hydrogens (tertiary/aromatic N) is 3. The van der Waals surface area contributed by atoms with E-state index in [-0.39, 0.29) is 12.6 Å². The summed E-state index contributed by atoms with van der Waals surface area (Å²) in [5.74, 6) is 2.21. The van der Waals surface area contributed by atoms with Crippen molar-refractivity contribution in [2.24, 2.45) is 0 Å². The molecule has 0 radical (unpaired) electrons. The highest BCUT2D eigenvalue weighted by molar-refractivity contribution is 5.50. The minimum atomic E-state index is -0.652. The lowest BCUT2D eigenvalue weighted by Gasteiger charge is -2.24. The number of aromatic nitrogens is 2. The summed E-state index contributed by atoms with van der Waals surface area (Å²) in [6.07, 6.45) is 2.87. The van der Waals surface area contributed by atoms with Gasteiger partial charge in [0.25, 0.3) is 0 Å². The molecule has 0 bridgehead atoms. The number of aliphatic hydroxyl groups excluding tert-OH is 2. The van der Waals surface area contributed by atoms with E-state index in [1.165, 1.54) is 6.33 Å². The number of hydrogen-bond acceptors (Lipinski definition) is 7. The fourth-order valence-electron chi connectivity index (χ4n) is 3.07. The Hall–Kier alpha value is -2.38. The van der Waals surface area contributed by atoms with E-state index in [1.54, 1.807) is 7.11 Å². The third-order valence-corrected chi connectivity index (χ3v) is 4.51. The quantitative estimate of drug-likeness (QED) is 0.703. The monoisotopic (exact) mass is 344 g/mol. The van der Waals surface area contributed by atoms with Crippen LogP contribution in [0.1, 0.15) is 24.5 Å². The van der Waals surface area contributed by atoms with E-state index in [9.17, 15) is 10.2 Å². The van der Waals surface area contributed by atoms with E-state index < -0.39 is 6.10 Å². The van der Waals surface area contributed by atoms with Crippen LogP contribution in [0.4, 0.5) is 11.6 Å². The molecule has 1 fully saturated rings. The van der Waals surface area contributed by atoms with Crippen molar-refractivity contribution in [3.63, 3.8) is 0 Å². The second-order valence-electron chi connectivity index (χ2n) is 6.10. The lowest BCUT2D eigenvalue weighted by atomic mass is 10.1. The Bertz CT molecular complexity index is 680. The van der Waals surface area contributed by atoms with Crippen LogP contribution in [0, 0.1) is 0 Å². The highest BCUT2D eigenvalue weighted by Gasteiger charge is 2.25. The van der Waals surface area contributed by atoms with Gasteiger partial charge in [-0.1, -0.05) is 12.1 Å². The predicted octanol–water partition coefficient (Wildman–Crippen LogP) is 1.59. The van der Waals surface area contributed by atoms with Gasteiger partial charge in [-0.3, -0.25) is 0 Å². The van der Waals surface area contributed by atoms with Gasteiger partial charge in [-0.2, -0.15) is 0 Å². The van der Waals surface area contributed by atoms with Gasteiger partial charge in [0.15, 0.2) is 0 Å². The molecule has 0 saturated carbocycles. The molecule has 0 spiro atoms. The first-order valence-corrected chi connectivity index (χ1v) is 8.46. The number of hydrogen-bond donors (Lipinski definition) is 3. The van der Waals surface area contributed by atoms with Crippen molar-refractivity contribution < 1.29 is 14.9 Å². The predicted molar refractivity (Wildman–Crippen MR) is 95.9 cm³/mol. The van der Waals surface area contributed by atoms with Crippen molar-refractivity contribution in [2.75, 3.05) is 37.0 Å². The normalized spacial score (nSPS) is 18.2. The van der Waals surface area contributed by atoms with Crippen LogP contribution in [0.5, 0.6) is 5.75 Å². The number of methoxy groups -OCH3 is 1. The van der Waals surface area contributed by atoms with Gasteiger partial charge >= 0.3 is 0 Å². The molecular formula is C18H24N4O3. The summed E-state index contributed by atoms with van der Waals surface area (Å²) in [6.45, 7) is 1.35. The van der Waals surface area contributed by atoms with Crippen LogP contribution in [0.15, 0.2) is 36.7 Å². The Kier molecular flexibility index (Phi) is 5.67. The Balaban J connectivity index is 1.62. The van der Waals surface area contributed by atoms with Gasteiger partial charge in [0.1, 0.15) is 23.7 Å². The first-order chi connectivity index (χ1) is 12.2. The van der Waals surface area contributed by atoms with Gasteiger partial charge < -0.3 is 25.2 Å². The summed E-state index contributed by atoms with van der Waals surface area (Å²) in [6, 6.07) is 9.30. The van der Waals surface area contributed by atoms with Gasteiger partial charge in [-0.25, -0.2) is 9.97 Å². The summed E-state index contributed by atoms with van der Waals surface area (Å²) in [5.41, 5.74) is 0.808. The molecular weight excluding hydrogens is 320 g/mol. The summed E-state index contributed by atoms with van der Waals surface area (Å²) < 4.78 is 5.12. The molecule has 0 amide bonds. The number of anilines is 2. The van der Waals surface area contributed by atoms with Gasteiger partial charge in [-0.15, -0.1) is 0 Å². The number of benzene rings is 1. The summed E-state index contributed by atoms with van der Waals surface area (Å²) in [5, 5.41) is 22.9. The third-order valence-electron chi connectivity index (χ3n) is 4.51. The van der Waals surface area contributed by atoms with Crippen molar-refractivity contribution in [1.29, 1.82) is 0 Å². The van der Waals surface area contributed by atoms with Crippen molar-refractivity contribution in [3.8, 4) is 5.75 Å². The van der Waals surface area contributed by atoms with E-state index >= 15 is 0 Å². The molecule has 1 aliphatic heterocycles. The van der Waals surface area contributed by atoms with Gasteiger partial charge in [-0.05, 0) is 30.5 Å². The maximum absolute atomic E-state index is 10.3. The first kappa shape index (κ1) is 17.4. The standard InChI is InChI=1S/C18H24N4O3/c1-25-15-6-4-13(5-7-15)16(24)10-19-17-9-18(21-12-20-17)22-8-2-3-14(22)11-23/h4-7,9,12,14,16,23-24H,2-3,8,10-11H2,1H3,(H,19,20,21)/t14-,16-/m1/s1. The van der Waals surface area contributed by atoms with E-state index in [2.05, 4.69) is 20.2 Å². The second-order valence-corrected chi connectivity index (χ2v) is 6.10. The molecule has 2 aromatic rings. The van der Waals surface area contributed by atoms with E-state index in [4.69, 9.17) is 4.74 Å². The topological polar surface area (TPSA) is 90.7 Å². The van der Waals surface area contributed by atoms with Crippen LogP contribution in [0.2, 0.25) is 0 Å². The highest BCUT2D eigenvalue weighted by Crippen LogP contribution is 2.25. The van der Waals surface area contributed by atoms with Crippen LogP contribution in [-0.2, 0) is 0 Å². The summed E-state index contributed by atoms with van der Waals surface area (Å²) in [7, 11) is 1.61. The molecule has 0 unspecified atom stereocenters. The van der Waals surface area contributed by atoms with E-state index in [0.29, 0.717) is 12.4 Å². The largest absolute Gasteiger partial charge is 0.497 e. The first-order valence-electron chi connectivity index (χ1n) is 8.46. The molecule has 25 heavy (non-hydrogen) atoms. The van der Waals surface area contributed by atoms with Crippen LogP contribution in [-0.4, -0.2) is 53.0 Å². The molecule has 3 N–H and O–H groups in total. The van der Waals surface area contributed by atoms with Crippen LogP contribution >= 0.6 is 0 Å². The molecule has 7 nitrogen and oxygen atoms in total. The lowest BCUT2D eigenvalue weighted by molar-refractivity contribution is 0.191. The maximum Gasteiger partial charge on any atom is 0.134 e. The number of rotatable bonds is 7. The molecule has 0 aliphatic carbocycles. The van der Waals surface area contributed by atoms with Crippen molar-refractivity contribution in [2.45, 2.75) is 25.0 Å². The van der Waals surface area contributed by atoms with Gasteiger partial charge in [0.2, 0.25) is 0 Å². The second kappa shape index (κ2) is 8.13. The minimum Gasteiger partial charge on any atom is -0.497 e. The molecule has 2 heterocycles. The van der Waals surface area contributed by atoms with Gasteiger partial charge in [0.05, 0.1) is 25.9 Å². The molecule has 134 valence electrons. The zero-order chi connectivity index (χ0) is 17.6. The smallest absolute Gasteiger partial charge is 0.134 e. The Morgan fingerprint density at radius 1 is 1.32 bits per heavy atom. The highest BCUT2D eigenvalue weighted by atomic mass is 16.5. The maximum atomic E-state index is 10.3. The molecule has 1 aromatic carbocycles. The molecule has 1 aliphatic rings. The van der Waals surface area contributed by atoms with Crippen molar-refractivity contribution in [3.05, 3.63) is 42.2 Å². The number of aliphatic hydroxyl groups is 2. The fourth-order valence-corrected chi connectivity index (χ4v) is 3.07. The van der Waals surface area contributed by atoms with E-state index in [1.807, 2.05) is 30.3 Å². The van der Waals surface area contributed by atoms with Crippen LogP contribution < -0.4 is 15.0 Å². The van der Waals surface area contributed by atoms with Gasteiger partial charge in [0, 0.05) is 19.2 Å². The zero-order valence-corrected chi connectivity index (χ0v) is 14.3. The van der Waals surface area contributed by atoms with Crippen molar-refractivity contribution >= 4 is 11.6 Å². The third kappa shape index (κ3) is 4.18. The lowest BCUT2D eigenvalue weighted by Crippen LogP contribution is -2.32. The van der Waals surface area contributed by atoms with Crippen LogP contribution in [0.3, 0.4) is 0 Å². The summed E-state index contributed by atoms with van der Waals surface area (Å²) in [4.78, 5) is 10.6. The number of nitrogens with one attached hydrogen (secondary N) is 1. The molecule has 1 aromatic heterocycles. The molecule has 1 saturated heterocycles. The molecule has 2 atom stereocenters. The average molecular weight is 344 g/mol. The SMILES string of the molecule is COc1ccc([C@H](O)CNc2cc(N3CCC[C@@H]3CO)ncn2)cc1. The molecule has 7 heteroatoms. The van der Waals surface area contributed by atoms with E-state index in [0.717, 1.165) is 36.5 Å². The zero-order valence-electron chi connectivity index (χ0n) is 14.3. The minimum absolute atomic E-state index is 0.118. The molecule has 3 rings (SSSR count). The summed E-state index contributed by atoms with van der Waals surface area (Å²) >= 11 is 0. The van der Waals surface area contributed by atoms with Crippen molar-refractivity contribution in [1.82, 2.24) is 9.97 Å². The Morgan fingerprint density at radius 3 is 2.84 bits per heavy atom. The number of ether oxygens (including phenoxy) is 1. The van der Waals surface area contributed by atoms with Crippen LogP contribution in [0.25, 0.3) is 0 Å². The average Bonchev–Trinajstić information content (AvgIpc) is 3.15. The Labute approximate surface area is 147 Å². The fraction of sp³-hybridized carbons (Fsp3) is 0.444.